The smallest absolute Gasteiger partial charge is 0.426 e. The van der Waals surface area contributed by atoms with Crippen LogP contribution in [0.4, 0.5) is 4.79 Å². The summed E-state index contributed by atoms with van der Waals surface area (Å²) in [6.45, 7) is 5.27. The monoisotopic (exact) mass is 348 g/mol. The summed E-state index contributed by atoms with van der Waals surface area (Å²) in [6, 6.07) is 9.94. The lowest BCUT2D eigenvalue weighted by Gasteiger charge is -2.19. The second-order valence-electron chi connectivity index (χ2n) is 5.98. The molecule has 0 aliphatic rings. The standard InChI is InChI=1S/C16H16N2O3S2/c1-16(2,3)21-15(20)18-17-14(19)12-8-11-13(23-12)9-6-4-5-7-10(9)22-11/h4-8H,1-3H3,(H,17,19)(H,18,20). The number of thiophene rings is 2. The van der Waals surface area contributed by atoms with E-state index in [-0.39, 0.29) is 5.91 Å². The highest BCUT2D eigenvalue weighted by Crippen LogP contribution is 2.39. The van der Waals surface area contributed by atoms with Crippen molar-refractivity contribution in [1.82, 2.24) is 10.9 Å². The molecule has 5 nitrogen and oxygen atoms in total. The molecular weight excluding hydrogens is 332 g/mol. The Bertz CT molecular complexity index is 890. The van der Waals surface area contributed by atoms with E-state index in [9.17, 15) is 9.59 Å². The van der Waals surface area contributed by atoms with Crippen molar-refractivity contribution in [3.8, 4) is 0 Å². The Morgan fingerprint density at radius 1 is 1.04 bits per heavy atom. The van der Waals surface area contributed by atoms with E-state index in [1.54, 1.807) is 32.1 Å². The Kier molecular flexibility index (Phi) is 3.99. The minimum Gasteiger partial charge on any atom is -0.443 e. The number of fused-ring (bicyclic) bond motifs is 3. The molecule has 0 aliphatic carbocycles. The number of hydrazine groups is 1. The molecule has 3 rings (SSSR count). The van der Waals surface area contributed by atoms with Crippen molar-refractivity contribution < 1.29 is 14.3 Å². The Labute approximate surface area is 141 Å². The van der Waals surface area contributed by atoms with Crippen molar-refractivity contribution in [1.29, 1.82) is 0 Å². The van der Waals surface area contributed by atoms with Crippen molar-refractivity contribution in [3.05, 3.63) is 35.2 Å². The maximum atomic E-state index is 12.2. The summed E-state index contributed by atoms with van der Waals surface area (Å²) in [5, 5.41) is 1.15. The highest BCUT2D eigenvalue weighted by Gasteiger charge is 2.18. The first kappa shape index (κ1) is 15.8. The van der Waals surface area contributed by atoms with Crippen LogP contribution in [0.15, 0.2) is 30.3 Å². The van der Waals surface area contributed by atoms with Gasteiger partial charge in [0.25, 0.3) is 5.91 Å². The van der Waals surface area contributed by atoms with Gasteiger partial charge in [-0.25, -0.2) is 10.2 Å². The third-order valence-corrected chi connectivity index (χ3v) is 5.36. The highest BCUT2D eigenvalue weighted by molar-refractivity contribution is 7.33. The number of carbonyl (C=O) groups is 2. The number of benzene rings is 1. The lowest BCUT2D eigenvalue weighted by molar-refractivity contribution is 0.0484. The molecule has 2 aromatic heterocycles. The second-order valence-corrected chi connectivity index (χ2v) is 8.12. The molecule has 120 valence electrons. The minimum absolute atomic E-state index is 0.353. The predicted molar refractivity (Wildman–Crippen MR) is 94.0 cm³/mol. The van der Waals surface area contributed by atoms with Gasteiger partial charge in [0.2, 0.25) is 0 Å². The Hall–Kier alpha value is -2.12. The van der Waals surface area contributed by atoms with Crippen molar-refractivity contribution >= 4 is 54.2 Å². The lowest BCUT2D eigenvalue weighted by atomic mass is 10.2. The van der Waals surface area contributed by atoms with E-state index < -0.39 is 11.7 Å². The van der Waals surface area contributed by atoms with Crippen LogP contribution in [0, 0.1) is 0 Å². The first-order valence-electron chi connectivity index (χ1n) is 7.04. The van der Waals surface area contributed by atoms with E-state index in [0.717, 1.165) is 14.8 Å². The van der Waals surface area contributed by atoms with Gasteiger partial charge in [-0.3, -0.25) is 10.2 Å². The number of carbonyl (C=O) groups excluding carboxylic acids is 2. The van der Waals surface area contributed by atoms with Gasteiger partial charge in [-0.05, 0) is 32.9 Å². The molecule has 2 amide bonds. The lowest BCUT2D eigenvalue weighted by Crippen LogP contribution is -2.44. The maximum absolute atomic E-state index is 12.2. The van der Waals surface area contributed by atoms with E-state index >= 15 is 0 Å². The van der Waals surface area contributed by atoms with Crippen LogP contribution in [0.5, 0.6) is 0 Å². The van der Waals surface area contributed by atoms with Crippen LogP contribution in [-0.2, 0) is 4.74 Å². The molecule has 0 fully saturated rings. The van der Waals surface area contributed by atoms with E-state index in [1.807, 2.05) is 24.3 Å². The Balaban J connectivity index is 1.73. The summed E-state index contributed by atoms with van der Waals surface area (Å²) in [7, 11) is 0. The molecule has 0 spiro atoms. The quantitative estimate of drug-likeness (QED) is 0.645. The van der Waals surface area contributed by atoms with Crippen LogP contribution in [0.25, 0.3) is 19.5 Å². The summed E-state index contributed by atoms with van der Waals surface area (Å²) in [6.07, 6.45) is -0.685. The molecule has 0 saturated carbocycles. The Morgan fingerprint density at radius 2 is 1.78 bits per heavy atom. The summed E-state index contributed by atoms with van der Waals surface area (Å²) in [5.74, 6) is -0.353. The van der Waals surface area contributed by atoms with Crippen LogP contribution in [-0.4, -0.2) is 17.6 Å². The average Bonchev–Trinajstić information content (AvgIpc) is 3.00. The van der Waals surface area contributed by atoms with Gasteiger partial charge in [0.05, 0.1) is 9.58 Å². The highest BCUT2D eigenvalue weighted by atomic mass is 32.1. The summed E-state index contributed by atoms with van der Waals surface area (Å²) >= 11 is 3.06. The van der Waals surface area contributed by atoms with Crippen LogP contribution >= 0.6 is 22.7 Å². The molecule has 2 N–H and O–H groups in total. The van der Waals surface area contributed by atoms with Crippen molar-refractivity contribution in [2.24, 2.45) is 0 Å². The number of hydrogen-bond donors (Lipinski definition) is 2. The second kappa shape index (κ2) is 5.82. The van der Waals surface area contributed by atoms with Gasteiger partial charge in [-0.2, -0.15) is 0 Å². The molecule has 0 unspecified atom stereocenters. The van der Waals surface area contributed by atoms with E-state index in [4.69, 9.17) is 4.74 Å². The topological polar surface area (TPSA) is 67.4 Å². The molecule has 2 heterocycles. The van der Waals surface area contributed by atoms with Crippen molar-refractivity contribution in [2.45, 2.75) is 26.4 Å². The largest absolute Gasteiger partial charge is 0.443 e. The molecular formula is C16H16N2O3S2. The fourth-order valence-corrected chi connectivity index (χ4v) is 4.50. The van der Waals surface area contributed by atoms with Crippen LogP contribution < -0.4 is 10.9 Å². The van der Waals surface area contributed by atoms with Gasteiger partial charge in [-0.1, -0.05) is 18.2 Å². The summed E-state index contributed by atoms with van der Waals surface area (Å²) < 4.78 is 8.43. The third-order valence-electron chi connectivity index (χ3n) is 2.95. The van der Waals surface area contributed by atoms with Gasteiger partial charge in [-0.15, -0.1) is 22.7 Å². The van der Waals surface area contributed by atoms with Gasteiger partial charge >= 0.3 is 6.09 Å². The maximum Gasteiger partial charge on any atom is 0.426 e. The summed E-state index contributed by atoms with van der Waals surface area (Å²) in [5.41, 5.74) is 4.02. The predicted octanol–water partition coefficient (Wildman–Crippen LogP) is 4.29. The first-order chi connectivity index (χ1) is 10.8. The number of ether oxygens (including phenoxy) is 1. The van der Waals surface area contributed by atoms with Crippen LogP contribution in [0.2, 0.25) is 0 Å². The van der Waals surface area contributed by atoms with Gasteiger partial charge < -0.3 is 4.74 Å². The third kappa shape index (κ3) is 3.46. The SMILES string of the molecule is CC(C)(C)OC(=O)NNC(=O)c1cc2sc3ccccc3c2s1. The number of hydrogen-bond acceptors (Lipinski definition) is 5. The molecule has 3 aromatic rings. The van der Waals surface area contributed by atoms with Gasteiger partial charge in [0.1, 0.15) is 5.60 Å². The molecule has 1 aromatic carbocycles. The molecule has 0 bridgehead atoms. The molecule has 0 aliphatic heterocycles. The fourth-order valence-electron chi connectivity index (χ4n) is 2.08. The zero-order valence-electron chi connectivity index (χ0n) is 12.9. The molecule has 0 saturated heterocycles. The molecule has 0 radical (unpaired) electrons. The van der Waals surface area contributed by atoms with Crippen LogP contribution in [0.3, 0.4) is 0 Å². The van der Waals surface area contributed by atoms with E-state index in [1.165, 1.54) is 16.0 Å². The number of amides is 2. The minimum atomic E-state index is -0.685. The van der Waals surface area contributed by atoms with Crippen LogP contribution in [0.1, 0.15) is 30.4 Å². The normalized spacial score (nSPS) is 11.6. The summed E-state index contributed by atoms with van der Waals surface area (Å²) in [4.78, 5) is 24.3. The van der Waals surface area contributed by atoms with E-state index in [0.29, 0.717) is 4.88 Å². The first-order valence-corrected chi connectivity index (χ1v) is 8.67. The van der Waals surface area contributed by atoms with Gasteiger partial charge in [0.15, 0.2) is 0 Å². The van der Waals surface area contributed by atoms with Crippen molar-refractivity contribution in [2.75, 3.05) is 0 Å². The molecule has 23 heavy (non-hydrogen) atoms. The average molecular weight is 348 g/mol. The zero-order valence-corrected chi connectivity index (χ0v) is 14.6. The molecule has 7 heteroatoms. The Morgan fingerprint density at radius 3 is 2.52 bits per heavy atom. The fraction of sp³-hybridized carbons (Fsp3) is 0.250. The van der Waals surface area contributed by atoms with Crippen molar-refractivity contribution in [3.63, 3.8) is 0 Å². The number of rotatable bonds is 1. The van der Waals surface area contributed by atoms with Gasteiger partial charge in [0, 0.05) is 14.8 Å². The van der Waals surface area contributed by atoms with E-state index in [2.05, 4.69) is 16.9 Å². The number of nitrogens with one attached hydrogen (secondary N) is 2. The zero-order chi connectivity index (χ0) is 16.6. The molecule has 0 atom stereocenters.